The minimum atomic E-state index is 0.626. The van der Waals surface area contributed by atoms with Gasteiger partial charge in [-0.15, -0.1) is 0 Å². The molecule has 20 heavy (non-hydrogen) atoms. The number of nitrogens with one attached hydrogen (secondary N) is 1. The van der Waals surface area contributed by atoms with Crippen LogP contribution in [0, 0.1) is 5.41 Å². The average molecular weight is 283 g/mol. The molecule has 1 heterocycles. The highest BCUT2D eigenvalue weighted by molar-refractivity contribution is 5.80. The Bertz CT molecular complexity index is 316. The molecular formula is C15H29N3O2. The van der Waals surface area contributed by atoms with Crippen LogP contribution in [0.15, 0.2) is 4.99 Å². The van der Waals surface area contributed by atoms with Gasteiger partial charge >= 0.3 is 0 Å². The van der Waals surface area contributed by atoms with Crippen molar-refractivity contribution in [1.82, 2.24) is 10.2 Å². The molecule has 0 aromatic carbocycles. The van der Waals surface area contributed by atoms with Gasteiger partial charge in [-0.2, -0.15) is 0 Å². The normalized spacial score (nSPS) is 21.3. The zero-order chi connectivity index (χ0) is 14.3. The molecule has 2 rings (SSSR count). The number of hydrogen-bond acceptors (Lipinski definition) is 3. The molecule has 2 fully saturated rings. The maximum atomic E-state index is 5.46. The number of likely N-dealkylation sites (tertiary alicyclic amines) is 1. The van der Waals surface area contributed by atoms with E-state index in [1.807, 2.05) is 7.05 Å². The molecule has 2 aliphatic rings. The van der Waals surface area contributed by atoms with E-state index in [9.17, 15) is 0 Å². The third-order valence-corrected chi connectivity index (χ3v) is 4.54. The van der Waals surface area contributed by atoms with Crippen LogP contribution >= 0.6 is 0 Å². The molecular weight excluding hydrogens is 254 g/mol. The Hall–Kier alpha value is -0.810. The first-order valence-electron chi connectivity index (χ1n) is 7.82. The summed E-state index contributed by atoms with van der Waals surface area (Å²) in [5.41, 5.74) is 0.626. The van der Waals surface area contributed by atoms with Crippen molar-refractivity contribution in [3.05, 3.63) is 0 Å². The van der Waals surface area contributed by atoms with Crippen molar-refractivity contribution in [3.8, 4) is 0 Å². The molecule has 0 unspecified atom stereocenters. The van der Waals surface area contributed by atoms with Crippen LogP contribution in [0.25, 0.3) is 0 Å². The van der Waals surface area contributed by atoms with E-state index in [0.29, 0.717) is 18.6 Å². The number of ether oxygens (including phenoxy) is 2. The van der Waals surface area contributed by atoms with E-state index in [1.54, 1.807) is 7.11 Å². The zero-order valence-corrected chi connectivity index (χ0v) is 13.0. The fraction of sp³-hybridized carbons (Fsp3) is 0.933. The van der Waals surface area contributed by atoms with Crippen molar-refractivity contribution in [2.24, 2.45) is 10.4 Å². The molecule has 0 radical (unpaired) electrons. The van der Waals surface area contributed by atoms with E-state index in [4.69, 9.17) is 9.47 Å². The lowest BCUT2D eigenvalue weighted by Crippen LogP contribution is -2.43. The summed E-state index contributed by atoms with van der Waals surface area (Å²) in [4.78, 5) is 6.83. The van der Waals surface area contributed by atoms with Gasteiger partial charge in [0.2, 0.25) is 0 Å². The Kier molecular flexibility index (Phi) is 6.10. The van der Waals surface area contributed by atoms with Crippen LogP contribution < -0.4 is 5.32 Å². The van der Waals surface area contributed by atoms with Crippen LogP contribution in [0.1, 0.15) is 32.1 Å². The van der Waals surface area contributed by atoms with Gasteiger partial charge in [-0.1, -0.05) is 6.42 Å². The summed E-state index contributed by atoms with van der Waals surface area (Å²) in [6.45, 7) is 5.40. The third-order valence-electron chi connectivity index (χ3n) is 4.54. The van der Waals surface area contributed by atoms with Gasteiger partial charge in [-0.3, -0.25) is 4.99 Å². The van der Waals surface area contributed by atoms with Gasteiger partial charge in [0.05, 0.1) is 13.2 Å². The van der Waals surface area contributed by atoms with Gasteiger partial charge < -0.3 is 19.7 Å². The summed E-state index contributed by atoms with van der Waals surface area (Å²) >= 11 is 0. The molecule has 1 aliphatic carbocycles. The van der Waals surface area contributed by atoms with E-state index in [2.05, 4.69) is 15.2 Å². The summed E-state index contributed by atoms with van der Waals surface area (Å²) in [5, 5.41) is 3.45. The van der Waals surface area contributed by atoms with Crippen molar-refractivity contribution < 1.29 is 9.47 Å². The Morgan fingerprint density at radius 2 is 2.10 bits per heavy atom. The lowest BCUT2D eigenvalue weighted by atomic mass is 9.68. The number of guanidine groups is 1. The fourth-order valence-electron chi connectivity index (χ4n) is 3.15. The van der Waals surface area contributed by atoms with Crippen LogP contribution in [0.4, 0.5) is 0 Å². The molecule has 0 amide bonds. The van der Waals surface area contributed by atoms with Gasteiger partial charge in [-0.05, 0) is 31.1 Å². The number of hydrogen-bond donors (Lipinski definition) is 1. The molecule has 0 atom stereocenters. The first-order chi connectivity index (χ1) is 9.79. The first kappa shape index (κ1) is 15.6. The molecule has 5 heteroatoms. The Morgan fingerprint density at radius 3 is 2.70 bits per heavy atom. The zero-order valence-electron chi connectivity index (χ0n) is 13.0. The Morgan fingerprint density at radius 1 is 1.25 bits per heavy atom. The second-order valence-electron chi connectivity index (χ2n) is 5.96. The van der Waals surface area contributed by atoms with Crippen molar-refractivity contribution in [3.63, 3.8) is 0 Å². The van der Waals surface area contributed by atoms with E-state index >= 15 is 0 Å². The van der Waals surface area contributed by atoms with E-state index < -0.39 is 0 Å². The molecule has 116 valence electrons. The lowest BCUT2D eigenvalue weighted by Gasteiger charge is -2.38. The molecule has 1 N–H and O–H groups in total. The number of methoxy groups -OCH3 is 1. The van der Waals surface area contributed by atoms with Crippen LogP contribution in [0.5, 0.6) is 0 Å². The van der Waals surface area contributed by atoms with Gasteiger partial charge in [-0.25, -0.2) is 0 Å². The number of nitrogens with zero attached hydrogens (tertiary/aromatic N) is 2. The molecule has 1 aliphatic heterocycles. The molecule has 0 aromatic rings. The highest BCUT2D eigenvalue weighted by Gasteiger charge is 2.43. The monoisotopic (exact) mass is 283 g/mol. The second-order valence-corrected chi connectivity index (χ2v) is 5.96. The highest BCUT2D eigenvalue weighted by Crippen LogP contribution is 2.47. The largest absolute Gasteiger partial charge is 0.382 e. The smallest absolute Gasteiger partial charge is 0.193 e. The minimum absolute atomic E-state index is 0.626. The Labute approximate surface area is 122 Å². The minimum Gasteiger partial charge on any atom is -0.382 e. The topological polar surface area (TPSA) is 46.1 Å². The number of rotatable bonds is 7. The van der Waals surface area contributed by atoms with Crippen LogP contribution in [-0.2, 0) is 9.47 Å². The highest BCUT2D eigenvalue weighted by atomic mass is 16.5. The summed E-state index contributed by atoms with van der Waals surface area (Å²) in [5.74, 6) is 1.06. The fourth-order valence-corrected chi connectivity index (χ4v) is 3.15. The van der Waals surface area contributed by atoms with Gasteiger partial charge in [0.1, 0.15) is 0 Å². The number of aliphatic imine (C=N–C) groups is 1. The van der Waals surface area contributed by atoms with Gasteiger partial charge in [0.15, 0.2) is 5.96 Å². The second kappa shape index (κ2) is 7.84. The van der Waals surface area contributed by atoms with Gasteiger partial charge in [0, 0.05) is 40.4 Å². The predicted molar refractivity (Wildman–Crippen MR) is 81.1 cm³/mol. The van der Waals surface area contributed by atoms with Gasteiger partial charge in [0.25, 0.3) is 0 Å². The molecule has 1 saturated carbocycles. The molecule has 0 bridgehead atoms. The molecule has 0 aromatic heterocycles. The maximum Gasteiger partial charge on any atom is 0.193 e. The average Bonchev–Trinajstić information content (AvgIpc) is 2.87. The standard InChI is InChI=1S/C15H29N3O2/c1-16-14(17-8-4-10-20-12-11-19-2)18-9-7-15(13-18)5-3-6-15/h3-13H2,1-2H3,(H,16,17). The van der Waals surface area contributed by atoms with Crippen molar-refractivity contribution in [2.75, 3.05) is 53.6 Å². The lowest BCUT2D eigenvalue weighted by molar-refractivity contribution is 0.0698. The molecule has 1 spiro atoms. The quantitative estimate of drug-likeness (QED) is 0.437. The first-order valence-corrected chi connectivity index (χ1v) is 7.82. The van der Waals surface area contributed by atoms with Crippen molar-refractivity contribution in [2.45, 2.75) is 32.1 Å². The van der Waals surface area contributed by atoms with E-state index in [1.165, 1.54) is 32.2 Å². The molecule has 5 nitrogen and oxygen atoms in total. The van der Waals surface area contributed by atoms with Crippen LogP contribution in [-0.4, -0.2) is 64.5 Å². The van der Waals surface area contributed by atoms with Crippen molar-refractivity contribution >= 4 is 5.96 Å². The van der Waals surface area contributed by atoms with Crippen LogP contribution in [0.2, 0.25) is 0 Å². The third kappa shape index (κ3) is 4.09. The van der Waals surface area contributed by atoms with E-state index in [0.717, 1.165) is 32.1 Å². The SMILES string of the molecule is CN=C(NCCCOCCOC)N1CCC2(CCC2)C1. The summed E-state index contributed by atoms with van der Waals surface area (Å²) in [6.07, 6.45) is 6.58. The summed E-state index contributed by atoms with van der Waals surface area (Å²) < 4.78 is 10.4. The Balaban J connectivity index is 1.59. The predicted octanol–water partition coefficient (Wildman–Crippen LogP) is 1.49. The van der Waals surface area contributed by atoms with Crippen LogP contribution in [0.3, 0.4) is 0 Å². The maximum absolute atomic E-state index is 5.46. The molecule has 1 saturated heterocycles. The van der Waals surface area contributed by atoms with E-state index in [-0.39, 0.29) is 0 Å². The van der Waals surface area contributed by atoms with Crippen molar-refractivity contribution in [1.29, 1.82) is 0 Å². The summed E-state index contributed by atoms with van der Waals surface area (Å²) in [7, 11) is 3.57. The summed E-state index contributed by atoms with van der Waals surface area (Å²) in [6, 6.07) is 0.